The standard InChI is InChI=1S/C17H18FNO8S/c18-9-7-12(8-10-28(24,25)26)16(22)11-1-3-13(4-2-11)17(23)27-19-14(20)5-6-15(19)21/h1-4,12H,5-10H2,(H,24,25,26). The summed E-state index contributed by atoms with van der Waals surface area (Å²) in [4.78, 5) is 52.1. The molecule has 0 radical (unpaired) electrons. The van der Waals surface area contributed by atoms with E-state index in [9.17, 15) is 32.0 Å². The molecule has 28 heavy (non-hydrogen) atoms. The summed E-state index contributed by atoms with van der Waals surface area (Å²) in [5.41, 5.74) is 0.0858. The Morgan fingerprint density at radius 1 is 1.07 bits per heavy atom. The summed E-state index contributed by atoms with van der Waals surface area (Å²) < 4.78 is 43.2. The molecule has 11 heteroatoms. The normalized spacial score (nSPS) is 15.6. The molecular formula is C17H18FNO8S. The monoisotopic (exact) mass is 415 g/mol. The lowest BCUT2D eigenvalue weighted by Crippen LogP contribution is -2.32. The number of Topliss-reactive ketones (excluding diaryl/α,β-unsaturated/α-hetero) is 1. The first-order valence-electron chi connectivity index (χ1n) is 8.36. The van der Waals surface area contributed by atoms with E-state index >= 15 is 0 Å². The van der Waals surface area contributed by atoms with Gasteiger partial charge in [0.25, 0.3) is 21.9 Å². The summed E-state index contributed by atoms with van der Waals surface area (Å²) in [6.45, 7) is -0.843. The molecule has 1 fully saturated rings. The number of nitrogens with zero attached hydrogens (tertiary/aromatic N) is 1. The Kier molecular flexibility index (Phi) is 6.97. The van der Waals surface area contributed by atoms with Crippen LogP contribution in [0.15, 0.2) is 24.3 Å². The fourth-order valence-corrected chi connectivity index (χ4v) is 3.21. The van der Waals surface area contributed by atoms with E-state index in [2.05, 4.69) is 0 Å². The summed E-state index contributed by atoms with van der Waals surface area (Å²) in [5, 5.41) is 0.397. The van der Waals surface area contributed by atoms with Crippen molar-refractivity contribution in [2.45, 2.75) is 25.7 Å². The molecule has 1 N–H and O–H groups in total. The maximum absolute atomic E-state index is 12.7. The van der Waals surface area contributed by atoms with E-state index in [0.717, 1.165) is 0 Å². The van der Waals surface area contributed by atoms with Crippen molar-refractivity contribution in [1.29, 1.82) is 0 Å². The maximum Gasteiger partial charge on any atom is 0.363 e. The number of rotatable bonds is 9. The molecule has 0 bridgehead atoms. The van der Waals surface area contributed by atoms with Gasteiger partial charge in [0.1, 0.15) is 0 Å². The van der Waals surface area contributed by atoms with Crippen LogP contribution in [0, 0.1) is 5.92 Å². The highest BCUT2D eigenvalue weighted by Gasteiger charge is 2.33. The molecule has 1 aliphatic rings. The second kappa shape index (κ2) is 9.02. The molecule has 1 aromatic rings. The van der Waals surface area contributed by atoms with Crippen LogP contribution in [0.1, 0.15) is 46.4 Å². The summed E-state index contributed by atoms with van der Waals surface area (Å²) in [7, 11) is -4.29. The lowest BCUT2D eigenvalue weighted by atomic mass is 9.92. The number of alkyl halides is 1. The van der Waals surface area contributed by atoms with E-state index in [1.54, 1.807) is 0 Å². The molecule has 0 aromatic heterocycles. The van der Waals surface area contributed by atoms with Crippen LogP contribution < -0.4 is 0 Å². The van der Waals surface area contributed by atoms with Crippen LogP contribution in [-0.2, 0) is 24.5 Å². The van der Waals surface area contributed by atoms with Crippen LogP contribution in [-0.4, -0.2) is 54.0 Å². The fraction of sp³-hybridized carbons (Fsp3) is 0.412. The molecule has 0 saturated carbocycles. The van der Waals surface area contributed by atoms with Crippen LogP contribution in [0.2, 0.25) is 0 Å². The zero-order valence-corrected chi connectivity index (χ0v) is 15.5. The third kappa shape index (κ3) is 5.67. The van der Waals surface area contributed by atoms with E-state index in [4.69, 9.17) is 9.39 Å². The van der Waals surface area contributed by atoms with Crippen molar-refractivity contribution in [3.8, 4) is 0 Å². The van der Waals surface area contributed by atoms with Gasteiger partial charge in [0.2, 0.25) is 0 Å². The number of hydrogen-bond acceptors (Lipinski definition) is 7. The minimum atomic E-state index is -4.29. The minimum Gasteiger partial charge on any atom is -0.325 e. The Hall–Kier alpha value is -2.66. The van der Waals surface area contributed by atoms with E-state index < -0.39 is 52.0 Å². The fourth-order valence-electron chi connectivity index (χ4n) is 2.63. The molecule has 2 rings (SSSR count). The van der Waals surface area contributed by atoms with Crippen molar-refractivity contribution >= 4 is 33.7 Å². The molecule has 2 amide bonds. The molecule has 1 aromatic carbocycles. The Morgan fingerprint density at radius 2 is 1.61 bits per heavy atom. The van der Waals surface area contributed by atoms with Gasteiger partial charge >= 0.3 is 5.97 Å². The average molecular weight is 415 g/mol. The lowest BCUT2D eigenvalue weighted by molar-refractivity contribution is -0.172. The van der Waals surface area contributed by atoms with Crippen LogP contribution in [0.3, 0.4) is 0 Å². The zero-order chi connectivity index (χ0) is 20.9. The first kappa shape index (κ1) is 21.6. The van der Waals surface area contributed by atoms with Crippen molar-refractivity contribution in [2.24, 2.45) is 5.92 Å². The van der Waals surface area contributed by atoms with Gasteiger partial charge in [-0.2, -0.15) is 8.42 Å². The quantitative estimate of drug-likeness (QED) is 0.363. The molecule has 1 aliphatic heterocycles. The Morgan fingerprint density at radius 3 is 2.11 bits per heavy atom. The zero-order valence-electron chi connectivity index (χ0n) is 14.7. The van der Waals surface area contributed by atoms with Crippen molar-refractivity contribution in [3.63, 3.8) is 0 Å². The van der Waals surface area contributed by atoms with Gasteiger partial charge in [0.15, 0.2) is 5.78 Å². The highest BCUT2D eigenvalue weighted by Crippen LogP contribution is 2.19. The SMILES string of the molecule is O=C(ON1C(=O)CCC1=O)c1ccc(C(=O)C(CCF)CCS(=O)(=O)O)cc1. The predicted molar refractivity (Wildman–Crippen MR) is 92.4 cm³/mol. The van der Waals surface area contributed by atoms with Gasteiger partial charge in [-0.1, -0.05) is 12.1 Å². The smallest absolute Gasteiger partial charge is 0.325 e. The molecule has 1 saturated heterocycles. The topological polar surface area (TPSA) is 135 Å². The second-order valence-electron chi connectivity index (χ2n) is 6.15. The summed E-state index contributed by atoms with van der Waals surface area (Å²) in [6.07, 6.45) is -0.542. The van der Waals surface area contributed by atoms with Gasteiger partial charge in [-0.15, -0.1) is 5.06 Å². The summed E-state index contributed by atoms with van der Waals surface area (Å²) in [6, 6.07) is 5.00. The third-order valence-electron chi connectivity index (χ3n) is 4.14. The van der Waals surface area contributed by atoms with Crippen LogP contribution >= 0.6 is 0 Å². The Balaban J connectivity index is 2.06. The summed E-state index contributed by atoms with van der Waals surface area (Å²) in [5.74, 6) is -4.38. The first-order valence-corrected chi connectivity index (χ1v) is 9.97. The highest BCUT2D eigenvalue weighted by molar-refractivity contribution is 7.85. The number of carbonyl (C=O) groups is 4. The predicted octanol–water partition coefficient (Wildman–Crippen LogP) is 1.34. The third-order valence-corrected chi connectivity index (χ3v) is 4.89. The number of halogens is 1. The number of imide groups is 1. The number of benzene rings is 1. The molecule has 1 heterocycles. The Labute approximate surface area is 160 Å². The number of amides is 2. The maximum atomic E-state index is 12.7. The molecular weight excluding hydrogens is 397 g/mol. The van der Waals surface area contributed by atoms with Crippen molar-refractivity contribution < 1.29 is 41.4 Å². The van der Waals surface area contributed by atoms with Crippen molar-refractivity contribution in [3.05, 3.63) is 35.4 Å². The largest absolute Gasteiger partial charge is 0.363 e. The van der Waals surface area contributed by atoms with E-state index in [1.165, 1.54) is 24.3 Å². The molecule has 1 unspecified atom stereocenters. The van der Waals surface area contributed by atoms with Crippen LogP contribution in [0.25, 0.3) is 0 Å². The van der Waals surface area contributed by atoms with Gasteiger partial charge in [0, 0.05) is 24.3 Å². The first-order chi connectivity index (χ1) is 13.1. The van der Waals surface area contributed by atoms with Gasteiger partial charge in [-0.3, -0.25) is 23.3 Å². The second-order valence-corrected chi connectivity index (χ2v) is 7.72. The molecule has 1 atom stereocenters. The van der Waals surface area contributed by atoms with E-state index in [0.29, 0.717) is 5.06 Å². The molecule has 0 aliphatic carbocycles. The van der Waals surface area contributed by atoms with Gasteiger partial charge in [-0.05, 0) is 25.0 Å². The number of carbonyl (C=O) groups excluding carboxylic acids is 4. The van der Waals surface area contributed by atoms with Gasteiger partial charge in [0.05, 0.1) is 18.0 Å². The van der Waals surface area contributed by atoms with Crippen LogP contribution in [0.4, 0.5) is 4.39 Å². The Bertz CT molecular complexity index is 865. The molecule has 9 nitrogen and oxygen atoms in total. The molecule has 0 spiro atoms. The van der Waals surface area contributed by atoms with Gasteiger partial charge in [-0.25, -0.2) is 4.79 Å². The van der Waals surface area contributed by atoms with Crippen LogP contribution in [0.5, 0.6) is 0 Å². The van der Waals surface area contributed by atoms with E-state index in [1.807, 2.05) is 0 Å². The van der Waals surface area contributed by atoms with Crippen molar-refractivity contribution in [2.75, 3.05) is 12.4 Å². The minimum absolute atomic E-state index is 0.0240. The van der Waals surface area contributed by atoms with Gasteiger partial charge < -0.3 is 4.84 Å². The lowest BCUT2D eigenvalue weighted by Gasteiger charge is -2.14. The summed E-state index contributed by atoms with van der Waals surface area (Å²) >= 11 is 0. The van der Waals surface area contributed by atoms with Crippen molar-refractivity contribution in [1.82, 2.24) is 5.06 Å². The number of hydroxylamine groups is 2. The number of hydrogen-bond donors (Lipinski definition) is 1. The highest BCUT2D eigenvalue weighted by atomic mass is 32.2. The van der Waals surface area contributed by atoms with E-state index in [-0.39, 0.29) is 36.8 Å². The number of ketones is 1. The average Bonchev–Trinajstić information content (AvgIpc) is 2.96. The molecule has 152 valence electrons.